The summed E-state index contributed by atoms with van der Waals surface area (Å²) < 4.78 is 2.83. The maximum Gasteiger partial charge on any atom is 0.179 e. The van der Waals surface area contributed by atoms with E-state index in [1.54, 1.807) is 0 Å². The molecule has 0 amide bonds. The van der Waals surface area contributed by atoms with Gasteiger partial charge in [-0.1, -0.05) is 0 Å². The van der Waals surface area contributed by atoms with Crippen LogP contribution in [0, 0.1) is 11.7 Å². The van der Waals surface area contributed by atoms with E-state index in [0.717, 1.165) is 28.0 Å². The highest BCUT2D eigenvalue weighted by molar-refractivity contribution is 7.71. The number of fused-ring (bicyclic) bond motifs is 1. The van der Waals surface area contributed by atoms with Crippen LogP contribution in [0.1, 0.15) is 18.5 Å². The fourth-order valence-electron chi connectivity index (χ4n) is 2.14. The van der Waals surface area contributed by atoms with Crippen molar-refractivity contribution in [2.45, 2.75) is 19.9 Å². The molecule has 4 nitrogen and oxygen atoms in total. The number of aromatic nitrogens is 3. The van der Waals surface area contributed by atoms with Crippen LogP contribution in [0.4, 0.5) is 0 Å². The molecule has 17 heavy (non-hydrogen) atoms. The largest absolute Gasteiger partial charge is 0.329 e. The van der Waals surface area contributed by atoms with E-state index >= 15 is 0 Å². The summed E-state index contributed by atoms with van der Waals surface area (Å²) in [6.07, 6.45) is 1.88. The monoisotopic (exact) mass is 250 g/mol. The van der Waals surface area contributed by atoms with E-state index in [2.05, 4.69) is 46.5 Å². The van der Waals surface area contributed by atoms with Gasteiger partial charge in [-0.05, 0) is 51.8 Å². The molecule has 0 spiro atoms. The predicted molar refractivity (Wildman–Crippen MR) is 72.9 cm³/mol. The molecule has 2 aromatic heterocycles. The Morgan fingerprint density at radius 1 is 1.53 bits per heavy atom. The van der Waals surface area contributed by atoms with Crippen molar-refractivity contribution in [1.29, 1.82) is 0 Å². The number of pyridine rings is 1. The van der Waals surface area contributed by atoms with Gasteiger partial charge in [0.1, 0.15) is 0 Å². The number of aromatic amines is 1. The lowest BCUT2D eigenvalue weighted by Gasteiger charge is -2.18. The fraction of sp³-hybridized carbons (Fsp3) is 0.500. The van der Waals surface area contributed by atoms with Gasteiger partial charge in [-0.15, -0.1) is 0 Å². The Labute approximate surface area is 106 Å². The van der Waals surface area contributed by atoms with Gasteiger partial charge in [-0.2, -0.15) is 0 Å². The Kier molecular flexibility index (Phi) is 3.31. The molecule has 0 aliphatic rings. The molecule has 0 saturated carbocycles. The van der Waals surface area contributed by atoms with E-state index in [1.165, 1.54) is 0 Å². The van der Waals surface area contributed by atoms with Gasteiger partial charge in [0.2, 0.25) is 0 Å². The average molecular weight is 250 g/mol. The summed E-state index contributed by atoms with van der Waals surface area (Å²) in [7, 11) is 4.12. The Balaban J connectivity index is 2.53. The minimum atomic E-state index is 0.307. The van der Waals surface area contributed by atoms with Crippen molar-refractivity contribution in [2.75, 3.05) is 20.6 Å². The van der Waals surface area contributed by atoms with Crippen LogP contribution >= 0.6 is 12.2 Å². The molecule has 0 aliphatic heterocycles. The first-order valence-corrected chi connectivity index (χ1v) is 6.11. The highest BCUT2D eigenvalue weighted by Gasteiger charge is 2.12. The molecule has 1 N–H and O–H groups in total. The smallest absolute Gasteiger partial charge is 0.179 e. The van der Waals surface area contributed by atoms with Crippen LogP contribution in [-0.2, 0) is 0 Å². The third-order valence-corrected chi connectivity index (χ3v) is 3.06. The highest BCUT2D eigenvalue weighted by Crippen LogP contribution is 2.18. The van der Waals surface area contributed by atoms with Crippen LogP contribution in [0.15, 0.2) is 12.3 Å². The minimum absolute atomic E-state index is 0.307. The molecule has 0 radical (unpaired) electrons. The van der Waals surface area contributed by atoms with Gasteiger partial charge in [0.15, 0.2) is 10.4 Å². The van der Waals surface area contributed by atoms with Crippen LogP contribution < -0.4 is 0 Å². The summed E-state index contributed by atoms with van der Waals surface area (Å²) in [6.45, 7) is 5.13. The van der Waals surface area contributed by atoms with Crippen LogP contribution in [0.25, 0.3) is 11.2 Å². The third kappa shape index (κ3) is 2.40. The van der Waals surface area contributed by atoms with Crippen molar-refractivity contribution in [1.82, 2.24) is 19.4 Å². The molecule has 1 unspecified atom stereocenters. The normalized spacial score (nSPS) is 13.5. The SMILES string of the molecule is Cc1cnc2c(c1)[nH]c(=S)n2C(C)CN(C)C. The van der Waals surface area contributed by atoms with Crippen molar-refractivity contribution in [2.24, 2.45) is 0 Å². The van der Waals surface area contributed by atoms with Gasteiger partial charge in [-0.25, -0.2) is 4.98 Å². The van der Waals surface area contributed by atoms with E-state index in [4.69, 9.17) is 12.2 Å². The molecule has 0 bridgehead atoms. The summed E-state index contributed by atoms with van der Waals surface area (Å²) in [5.74, 6) is 0. The number of nitrogens with one attached hydrogen (secondary N) is 1. The predicted octanol–water partition coefficient (Wildman–Crippen LogP) is 2.52. The van der Waals surface area contributed by atoms with E-state index in [0.29, 0.717) is 6.04 Å². The van der Waals surface area contributed by atoms with E-state index in [-0.39, 0.29) is 0 Å². The number of hydrogen-bond donors (Lipinski definition) is 1. The summed E-state index contributed by atoms with van der Waals surface area (Å²) in [4.78, 5) is 9.85. The second kappa shape index (κ2) is 4.58. The first-order valence-electron chi connectivity index (χ1n) is 5.70. The molecule has 2 rings (SSSR count). The van der Waals surface area contributed by atoms with Crippen LogP contribution in [0.2, 0.25) is 0 Å². The fourth-order valence-corrected chi connectivity index (χ4v) is 2.51. The van der Waals surface area contributed by atoms with Crippen LogP contribution in [-0.4, -0.2) is 40.1 Å². The van der Waals surface area contributed by atoms with Crippen molar-refractivity contribution in [3.05, 3.63) is 22.6 Å². The molecule has 2 aromatic rings. The van der Waals surface area contributed by atoms with Gasteiger partial charge in [-0.3, -0.25) is 4.57 Å². The zero-order valence-electron chi connectivity index (χ0n) is 10.7. The summed E-state index contributed by atoms with van der Waals surface area (Å²) >= 11 is 5.37. The average Bonchev–Trinajstić information content (AvgIpc) is 2.51. The van der Waals surface area contributed by atoms with E-state index < -0.39 is 0 Å². The zero-order chi connectivity index (χ0) is 12.6. The lowest BCUT2D eigenvalue weighted by molar-refractivity contribution is 0.338. The maximum absolute atomic E-state index is 5.37. The molecule has 1 atom stereocenters. The standard InChI is InChI=1S/C12H18N4S/c1-8-5-10-11(13-6-8)16(12(17)14-10)9(2)7-15(3)4/h5-6,9H,7H2,1-4H3,(H,14,17). The third-order valence-electron chi connectivity index (χ3n) is 2.76. The Morgan fingerprint density at radius 2 is 2.24 bits per heavy atom. The Morgan fingerprint density at radius 3 is 2.88 bits per heavy atom. The van der Waals surface area contributed by atoms with E-state index in [1.807, 2.05) is 13.1 Å². The zero-order valence-corrected chi connectivity index (χ0v) is 11.5. The summed E-state index contributed by atoms with van der Waals surface area (Å²) in [6, 6.07) is 2.39. The topological polar surface area (TPSA) is 36.9 Å². The molecule has 2 heterocycles. The van der Waals surface area contributed by atoms with Gasteiger partial charge < -0.3 is 9.88 Å². The first kappa shape index (κ1) is 12.3. The number of hydrogen-bond acceptors (Lipinski definition) is 3. The second-order valence-corrected chi connectivity index (χ2v) is 5.18. The molecule has 0 saturated heterocycles. The van der Waals surface area contributed by atoms with Crippen molar-refractivity contribution in [3.8, 4) is 0 Å². The van der Waals surface area contributed by atoms with Crippen molar-refractivity contribution >= 4 is 23.4 Å². The van der Waals surface area contributed by atoms with E-state index in [9.17, 15) is 0 Å². The van der Waals surface area contributed by atoms with Gasteiger partial charge in [0.25, 0.3) is 0 Å². The second-order valence-electron chi connectivity index (χ2n) is 4.80. The lowest BCUT2D eigenvalue weighted by Crippen LogP contribution is -2.22. The van der Waals surface area contributed by atoms with Crippen molar-refractivity contribution < 1.29 is 0 Å². The van der Waals surface area contributed by atoms with Crippen LogP contribution in [0.3, 0.4) is 0 Å². The first-order chi connectivity index (χ1) is 7.99. The number of H-pyrrole nitrogens is 1. The Bertz CT molecular complexity index is 582. The van der Waals surface area contributed by atoms with Gasteiger partial charge in [0.05, 0.1) is 5.52 Å². The van der Waals surface area contributed by atoms with Crippen LogP contribution in [0.5, 0.6) is 0 Å². The number of imidazole rings is 1. The molecule has 92 valence electrons. The molecule has 0 aliphatic carbocycles. The molecular weight excluding hydrogens is 232 g/mol. The molecular formula is C12H18N4S. The lowest BCUT2D eigenvalue weighted by atomic mass is 10.3. The van der Waals surface area contributed by atoms with Gasteiger partial charge >= 0.3 is 0 Å². The number of likely N-dealkylation sites (N-methyl/N-ethyl adjacent to an activating group) is 1. The molecule has 0 fully saturated rings. The maximum atomic E-state index is 5.37. The van der Waals surface area contributed by atoms with Gasteiger partial charge in [0, 0.05) is 18.8 Å². The Hall–Kier alpha value is -1.20. The quantitative estimate of drug-likeness (QED) is 0.850. The minimum Gasteiger partial charge on any atom is -0.329 e. The number of aryl methyl sites for hydroxylation is 1. The highest BCUT2D eigenvalue weighted by atomic mass is 32.1. The van der Waals surface area contributed by atoms with Crippen molar-refractivity contribution in [3.63, 3.8) is 0 Å². The molecule has 0 aromatic carbocycles. The number of rotatable bonds is 3. The molecule has 5 heteroatoms. The summed E-state index contributed by atoms with van der Waals surface area (Å²) in [5, 5.41) is 0. The summed E-state index contributed by atoms with van der Waals surface area (Å²) in [5.41, 5.74) is 3.09. The number of nitrogens with zero attached hydrogens (tertiary/aromatic N) is 3.